The fourth-order valence-corrected chi connectivity index (χ4v) is 3.29. The van der Waals surface area contributed by atoms with Gasteiger partial charge in [0.1, 0.15) is 5.82 Å². The van der Waals surface area contributed by atoms with E-state index in [1.54, 1.807) is 6.07 Å². The zero-order chi connectivity index (χ0) is 14.0. The summed E-state index contributed by atoms with van der Waals surface area (Å²) in [4.78, 5) is 0. The lowest BCUT2D eigenvalue weighted by molar-refractivity contribution is 0.621. The van der Waals surface area contributed by atoms with Gasteiger partial charge < -0.3 is 5.73 Å². The van der Waals surface area contributed by atoms with Crippen molar-refractivity contribution in [1.29, 1.82) is 0 Å². The zero-order valence-corrected chi connectivity index (χ0v) is 13.8. The summed E-state index contributed by atoms with van der Waals surface area (Å²) < 4.78 is 14.9. The summed E-state index contributed by atoms with van der Waals surface area (Å²) in [6, 6.07) is 10.1. The summed E-state index contributed by atoms with van der Waals surface area (Å²) in [6.45, 7) is 0. The minimum atomic E-state index is -0.274. The molecule has 0 spiro atoms. The number of nitrogens with two attached hydrogens (primary N) is 1. The van der Waals surface area contributed by atoms with Crippen molar-refractivity contribution >= 4 is 43.5 Å². The molecule has 19 heavy (non-hydrogen) atoms. The first kappa shape index (κ1) is 15.0. The van der Waals surface area contributed by atoms with E-state index in [1.165, 1.54) is 12.1 Å². The molecule has 100 valence electrons. The summed E-state index contributed by atoms with van der Waals surface area (Å²) in [5, 5.41) is 0.625. The molecule has 5 heteroatoms. The standard InChI is InChI=1S/C14H11Br2ClFN/c15-10-1-8(2-13(18)7-10)3-14(19)9-4-11(16)6-12(17)5-9/h1-2,4-7,14H,3,19H2. The van der Waals surface area contributed by atoms with Gasteiger partial charge in [0, 0.05) is 20.0 Å². The molecule has 0 aliphatic carbocycles. The van der Waals surface area contributed by atoms with Crippen LogP contribution in [0.4, 0.5) is 4.39 Å². The first-order valence-electron chi connectivity index (χ1n) is 5.60. The average molecular weight is 408 g/mol. The highest BCUT2D eigenvalue weighted by atomic mass is 79.9. The second kappa shape index (κ2) is 6.35. The van der Waals surface area contributed by atoms with Crippen molar-refractivity contribution in [3.63, 3.8) is 0 Å². The van der Waals surface area contributed by atoms with Crippen molar-refractivity contribution in [2.24, 2.45) is 5.73 Å². The third-order valence-corrected chi connectivity index (χ3v) is 3.82. The highest BCUT2D eigenvalue weighted by Crippen LogP contribution is 2.25. The van der Waals surface area contributed by atoms with Crippen LogP contribution in [0, 0.1) is 5.82 Å². The smallest absolute Gasteiger partial charge is 0.124 e. The van der Waals surface area contributed by atoms with E-state index in [4.69, 9.17) is 17.3 Å². The number of hydrogen-bond acceptors (Lipinski definition) is 1. The first-order valence-corrected chi connectivity index (χ1v) is 7.57. The van der Waals surface area contributed by atoms with Crippen LogP contribution < -0.4 is 5.73 Å². The molecule has 1 nitrogen and oxygen atoms in total. The molecule has 1 atom stereocenters. The molecule has 0 fully saturated rings. The summed E-state index contributed by atoms with van der Waals surface area (Å²) >= 11 is 12.6. The fraction of sp³-hybridized carbons (Fsp3) is 0.143. The topological polar surface area (TPSA) is 26.0 Å². The summed E-state index contributed by atoms with van der Waals surface area (Å²) in [6.07, 6.45) is 0.545. The van der Waals surface area contributed by atoms with Gasteiger partial charge in [-0.25, -0.2) is 4.39 Å². The maximum atomic E-state index is 13.3. The molecule has 0 amide bonds. The van der Waals surface area contributed by atoms with Gasteiger partial charge in [-0.3, -0.25) is 0 Å². The maximum Gasteiger partial charge on any atom is 0.124 e. The van der Waals surface area contributed by atoms with E-state index in [9.17, 15) is 4.39 Å². The molecule has 2 aromatic rings. The molecular formula is C14H11Br2ClFN. The van der Waals surface area contributed by atoms with Crippen molar-refractivity contribution in [2.45, 2.75) is 12.5 Å². The van der Waals surface area contributed by atoms with Gasteiger partial charge in [0.15, 0.2) is 0 Å². The van der Waals surface area contributed by atoms with Gasteiger partial charge in [0.25, 0.3) is 0 Å². The van der Waals surface area contributed by atoms with Gasteiger partial charge in [-0.2, -0.15) is 0 Å². The Hall–Kier alpha value is -0.420. The van der Waals surface area contributed by atoms with Crippen LogP contribution in [-0.2, 0) is 6.42 Å². The molecule has 0 saturated carbocycles. The molecule has 0 aromatic heterocycles. The van der Waals surface area contributed by atoms with Crippen LogP contribution in [0.2, 0.25) is 5.02 Å². The van der Waals surface area contributed by atoms with Crippen molar-refractivity contribution < 1.29 is 4.39 Å². The number of benzene rings is 2. The van der Waals surface area contributed by atoms with Crippen LogP contribution in [0.5, 0.6) is 0 Å². The zero-order valence-electron chi connectivity index (χ0n) is 9.84. The minimum absolute atomic E-state index is 0.233. The number of rotatable bonds is 3. The second-order valence-electron chi connectivity index (χ2n) is 4.29. The molecule has 0 bridgehead atoms. The molecule has 2 N–H and O–H groups in total. The lowest BCUT2D eigenvalue weighted by Gasteiger charge is -2.13. The molecule has 0 aliphatic rings. The summed E-state index contributed by atoms with van der Waals surface area (Å²) in [5.41, 5.74) is 7.91. The van der Waals surface area contributed by atoms with E-state index in [2.05, 4.69) is 31.9 Å². The highest BCUT2D eigenvalue weighted by molar-refractivity contribution is 9.10. The lowest BCUT2D eigenvalue weighted by Crippen LogP contribution is -2.13. The maximum absolute atomic E-state index is 13.3. The van der Waals surface area contributed by atoms with E-state index >= 15 is 0 Å². The quantitative estimate of drug-likeness (QED) is 0.739. The Morgan fingerprint density at radius 2 is 1.74 bits per heavy atom. The highest BCUT2D eigenvalue weighted by Gasteiger charge is 2.10. The van der Waals surface area contributed by atoms with E-state index in [0.29, 0.717) is 15.9 Å². The molecule has 0 heterocycles. The van der Waals surface area contributed by atoms with E-state index < -0.39 is 0 Å². The molecular weight excluding hydrogens is 396 g/mol. The number of hydrogen-bond donors (Lipinski definition) is 1. The Bertz CT molecular complexity index is 563. The third-order valence-electron chi connectivity index (χ3n) is 2.69. The molecule has 1 unspecified atom stereocenters. The Balaban J connectivity index is 2.22. The van der Waals surface area contributed by atoms with Gasteiger partial charge >= 0.3 is 0 Å². The van der Waals surface area contributed by atoms with E-state index in [1.807, 2.05) is 18.2 Å². The Morgan fingerprint density at radius 1 is 1.05 bits per heavy atom. The van der Waals surface area contributed by atoms with Gasteiger partial charge in [-0.15, -0.1) is 0 Å². The average Bonchev–Trinajstić information content (AvgIpc) is 2.25. The molecule has 2 aromatic carbocycles. The Morgan fingerprint density at radius 3 is 2.37 bits per heavy atom. The first-order chi connectivity index (χ1) is 8.94. The van der Waals surface area contributed by atoms with Gasteiger partial charge in [0.2, 0.25) is 0 Å². The Labute approximate surface area is 133 Å². The molecule has 0 radical (unpaired) electrons. The summed E-state index contributed by atoms with van der Waals surface area (Å²) in [5.74, 6) is -0.274. The van der Waals surface area contributed by atoms with E-state index in [0.717, 1.165) is 15.6 Å². The monoisotopic (exact) mass is 405 g/mol. The van der Waals surface area contributed by atoms with Crippen LogP contribution in [-0.4, -0.2) is 0 Å². The molecule has 0 saturated heterocycles. The van der Waals surface area contributed by atoms with Crippen LogP contribution in [0.1, 0.15) is 17.2 Å². The van der Waals surface area contributed by atoms with Crippen molar-refractivity contribution in [3.8, 4) is 0 Å². The van der Waals surface area contributed by atoms with Crippen LogP contribution in [0.25, 0.3) is 0 Å². The van der Waals surface area contributed by atoms with Crippen molar-refractivity contribution in [2.75, 3.05) is 0 Å². The predicted molar refractivity (Wildman–Crippen MR) is 83.9 cm³/mol. The second-order valence-corrected chi connectivity index (χ2v) is 6.56. The van der Waals surface area contributed by atoms with Crippen LogP contribution >= 0.6 is 43.5 Å². The SMILES string of the molecule is NC(Cc1cc(F)cc(Br)c1)c1cc(Cl)cc(Br)c1. The fourth-order valence-electron chi connectivity index (χ4n) is 1.89. The predicted octanol–water partition coefficient (Wildman–Crippen LogP) is 5.25. The Kier molecular flexibility index (Phi) is 5.01. The van der Waals surface area contributed by atoms with Crippen LogP contribution in [0.3, 0.4) is 0 Å². The van der Waals surface area contributed by atoms with Gasteiger partial charge in [0.05, 0.1) is 0 Å². The van der Waals surface area contributed by atoms with Crippen molar-refractivity contribution in [1.82, 2.24) is 0 Å². The molecule has 2 rings (SSSR count). The van der Waals surface area contributed by atoms with Crippen LogP contribution in [0.15, 0.2) is 45.3 Å². The van der Waals surface area contributed by atoms with Crippen molar-refractivity contribution in [3.05, 3.63) is 67.3 Å². The minimum Gasteiger partial charge on any atom is -0.324 e. The van der Waals surface area contributed by atoms with Gasteiger partial charge in [-0.05, 0) is 53.9 Å². The van der Waals surface area contributed by atoms with Gasteiger partial charge in [-0.1, -0.05) is 43.5 Å². The normalized spacial score (nSPS) is 12.5. The largest absolute Gasteiger partial charge is 0.324 e. The van der Waals surface area contributed by atoms with E-state index in [-0.39, 0.29) is 11.9 Å². The number of halogens is 4. The summed E-state index contributed by atoms with van der Waals surface area (Å²) in [7, 11) is 0. The lowest BCUT2D eigenvalue weighted by atomic mass is 10.00. The third kappa shape index (κ3) is 4.28. The molecule has 0 aliphatic heterocycles.